The normalized spacial score (nSPS) is 34.6. The molecule has 3 fully saturated rings. The first kappa shape index (κ1) is 19.0. The Morgan fingerprint density at radius 1 is 1.20 bits per heavy atom. The van der Waals surface area contributed by atoms with Gasteiger partial charge in [0.05, 0.1) is 37.9 Å². The number of nitrogens with one attached hydrogen (secondary N) is 2. The number of hydrogen-bond donors (Lipinski definition) is 3. The lowest BCUT2D eigenvalue weighted by Crippen LogP contribution is -2.54. The third-order valence-electron chi connectivity index (χ3n) is 5.44. The van der Waals surface area contributed by atoms with Crippen LogP contribution in [0, 0.1) is 0 Å². The van der Waals surface area contributed by atoms with Crippen LogP contribution >= 0.6 is 0 Å². The first-order valence-corrected chi connectivity index (χ1v) is 9.84. The summed E-state index contributed by atoms with van der Waals surface area (Å²) in [5, 5.41) is 16.1. The fourth-order valence-corrected chi connectivity index (χ4v) is 3.98. The van der Waals surface area contributed by atoms with Crippen molar-refractivity contribution in [2.75, 3.05) is 45.9 Å². The Labute approximate surface area is 150 Å². The Kier molecular flexibility index (Phi) is 7.49. The van der Waals surface area contributed by atoms with Crippen molar-refractivity contribution in [1.29, 1.82) is 0 Å². The topological polar surface area (TPSA) is 83.1 Å². The summed E-state index contributed by atoms with van der Waals surface area (Å²) in [6.45, 7) is 5.33. The van der Waals surface area contributed by atoms with Crippen LogP contribution < -0.4 is 10.6 Å². The summed E-state index contributed by atoms with van der Waals surface area (Å²) in [6, 6.07) is 0.202. The molecule has 3 rings (SSSR count). The van der Waals surface area contributed by atoms with Gasteiger partial charge in [-0.15, -0.1) is 0 Å². The summed E-state index contributed by atoms with van der Waals surface area (Å²) in [4.78, 5) is 14.6. The molecule has 7 heteroatoms. The van der Waals surface area contributed by atoms with Crippen LogP contribution in [0.3, 0.4) is 0 Å². The van der Waals surface area contributed by atoms with E-state index in [4.69, 9.17) is 9.47 Å². The zero-order valence-electron chi connectivity index (χ0n) is 15.1. The van der Waals surface area contributed by atoms with Gasteiger partial charge in [-0.05, 0) is 38.8 Å². The average Bonchev–Trinajstić information content (AvgIpc) is 2.60. The lowest BCUT2D eigenvalue weighted by atomic mass is 9.96. The molecule has 3 N–H and O–H groups in total. The lowest BCUT2D eigenvalue weighted by molar-refractivity contribution is -0.137. The quantitative estimate of drug-likeness (QED) is 0.638. The van der Waals surface area contributed by atoms with Crippen molar-refractivity contribution < 1.29 is 19.4 Å². The SMILES string of the molecule is O=C(C[C@H]1CC[C@H]2NC[C@@H](O)COC[C@@H]2O1)NCCN1CCCCC1. The molecule has 0 bridgehead atoms. The van der Waals surface area contributed by atoms with Crippen LogP contribution in [0.4, 0.5) is 0 Å². The number of amides is 1. The van der Waals surface area contributed by atoms with Crippen LogP contribution in [0.1, 0.15) is 38.5 Å². The fourth-order valence-electron chi connectivity index (χ4n) is 3.98. The molecule has 0 unspecified atom stereocenters. The van der Waals surface area contributed by atoms with E-state index in [1.165, 1.54) is 19.3 Å². The van der Waals surface area contributed by atoms with Gasteiger partial charge in [0, 0.05) is 25.7 Å². The maximum Gasteiger partial charge on any atom is 0.222 e. The molecule has 0 aromatic carbocycles. The predicted molar refractivity (Wildman–Crippen MR) is 94.4 cm³/mol. The van der Waals surface area contributed by atoms with Gasteiger partial charge >= 0.3 is 0 Å². The molecular formula is C18H33N3O4. The van der Waals surface area contributed by atoms with Crippen molar-refractivity contribution in [2.45, 2.75) is 62.9 Å². The van der Waals surface area contributed by atoms with Crippen molar-refractivity contribution in [3.05, 3.63) is 0 Å². The number of piperidine rings is 1. The Balaban J connectivity index is 1.34. The molecular weight excluding hydrogens is 322 g/mol. The van der Waals surface area contributed by atoms with Gasteiger partial charge in [0.15, 0.2) is 0 Å². The number of nitrogens with zero attached hydrogens (tertiary/aromatic N) is 1. The van der Waals surface area contributed by atoms with Crippen molar-refractivity contribution in [3.8, 4) is 0 Å². The van der Waals surface area contributed by atoms with Gasteiger partial charge in [-0.2, -0.15) is 0 Å². The van der Waals surface area contributed by atoms with Gasteiger partial charge in [-0.1, -0.05) is 6.42 Å². The molecule has 0 radical (unpaired) electrons. The predicted octanol–water partition coefficient (Wildman–Crippen LogP) is -0.124. The summed E-state index contributed by atoms with van der Waals surface area (Å²) in [6.07, 6.45) is 5.60. The van der Waals surface area contributed by atoms with Crippen LogP contribution in [0.15, 0.2) is 0 Å². The minimum absolute atomic E-state index is 0.0348. The summed E-state index contributed by atoms with van der Waals surface area (Å²) in [7, 11) is 0. The van der Waals surface area contributed by atoms with Gasteiger partial charge < -0.3 is 30.1 Å². The molecule has 25 heavy (non-hydrogen) atoms. The Morgan fingerprint density at radius 2 is 2.04 bits per heavy atom. The summed E-state index contributed by atoms with van der Waals surface area (Å²) < 4.78 is 11.6. The van der Waals surface area contributed by atoms with Gasteiger partial charge in [0.2, 0.25) is 5.91 Å². The highest BCUT2D eigenvalue weighted by Gasteiger charge is 2.33. The summed E-state index contributed by atoms with van der Waals surface area (Å²) >= 11 is 0. The molecule has 3 aliphatic rings. The molecule has 0 spiro atoms. The van der Waals surface area contributed by atoms with E-state index >= 15 is 0 Å². The minimum Gasteiger partial charge on any atom is -0.389 e. The minimum atomic E-state index is -0.454. The van der Waals surface area contributed by atoms with Gasteiger partial charge in [-0.25, -0.2) is 0 Å². The zero-order chi connectivity index (χ0) is 17.5. The fraction of sp³-hybridized carbons (Fsp3) is 0.944. The van der Waals surface area contributed by atoms with E-state index < -0.39 is 6.10 Å². The number of rotatable bonds is 5. The molecule has 7 nitrogen and oxygen atoms in total. The number of carbonyl (C=O) groups excluding carboxylic acids is 1. The third-order valence-corrected chi connectivity index (χ3v) is 5.44. The van der Waals surface area contributed by atoms with Crippen LogP contribution in [-0.2, 0) is 14.3 Å². The van der Waals surface area contributed by atoms with Gasteiger partial charge in [-0.3, -0.25) is 4.79 Å². The maximum absolute atomic E-state index is 12.2. The number of aliphatic hydroxyl groups is 1. The first-order chi connectivity index (χ1) is 12.2. The first-order valence-electron chi connectivity index (χ1n) is 9.84. The van der Waals surface area contributed by atoms with E-state index in [0.717, 1.165) is 39.0 Å². The number of hydrogen-bond acceptors (Lipinski definition) is 6. The summed E-state index contributed by atoms with van der Waals surface area (Å²) in [5.74, 6) is 0.0793. The molecule has 4 atom stereocenters. The molecule has 0 saturated carbocycles. The molecule has 0 aromatic heterocycles. The van der Waals surface area contributed by atoms with E-state index in [1.54, 1.807) is 0 Å². The Hall–Kier alpha value is -0.730. The van der Waals surface area contributed by atoms with E-state index in [-0.39, 0.29) is 24.2 Å². The van der Waals surface area contributed by atoms with Crippen LogP contribution in [0.5, 0.6) is 0 Å². The van der Waals surface area contributed by atoms with Crippen molar-refractivity contribution in [1.82, 2.24) is 15.5 Å². The molecule has 3 saturated heterocycles. The number of likely N-dealkylation sites (tertiary alicyclic amines) is 1. The summed E-state index contributed by atoms with van der Waals surface area (Å²) in [5.41, 5.74) is 0. The van der Waals surface area contributed by atoms with E-state index in [2.05, 4.69) is 15.5 Å². The molecule has 0 aromatic rings. The number of ether oxygens (including phenoxy) is 2. The Bertz CT molecular complexity index is 417. The molecule has 3 aliphatic heterocycles. The largest absolute Gasteiger partial charge is 0.389 e. The number of carbonyl (C=O) groups is 1. The van der Waals surface area contributed by atoms with Crippen molar-refractivity contribution in [3.63, 3.8) is 0 Å². The average molecular weight is 355 g/mol. The van der Waals surface area contributed by atoms with Crippen LogP contribution in [0.2, 0.25) is 0 Å². The monoisotopic (exact) mass is 355 g/mol. The zero-order valence-corrected chi connectivity index (χ0v) is 15.1. The smallest absolute Gasteiger partial charge is 0.222 e. The number of fused-ring (bicyclic) bond motifs is 1. The molecule has 144 valence electrons. The van der Waals surface area contributed by atoms with Crippen LogP contribution in [0.25, 0.3) is 0 Å². The molecule has 1 amide bonds. The van der Waals surface area contributed by atoms with Crippen LogP contribution in [-0.4, -0.2) is 86.2 Å². The van der Waals surface area contributed by atoms with Crippen molar-refractivity contribution >= 4 is 5.91 Å². The number of β-amino-alcohol motifs (C(OH)–C–C–N with tert-alkyl or cyclic N) is 1. The molecule has 3 heterocycles. The van der Waals surface area contributed by atoms with E-state index in [9.17, 15) is 9.90 Å². The lowest BCUT2D eigenvalue weighted by Gasteiger charge is -2.38. The van der Waals surface area contributed by atoms with Gasteiger partial charge in [0.1, 0.15) is 0 Å². The van der Waals surface area contributed by atoms with Gasteiger partial charge in [0.25, 0.3) is 0 Å². The highest BCUT2D eigenvalue weighted by molar-refractivity contribution is 5.76. The Morgan fingerprint density at radius 3 is 2.88 bits per heavy atom. The molecule has 0 aliphatic carbocycles. The second-order valence-corrected chi connectivity index (χ2v) is 7.54. The standard InChI is InChI=1S/C18H33N3O4/c22-14-11-20-16-5-4-15(25-17(16)13-24-12-14)10-18(23)19-6-9-21-7-2-1-3-8-21/h14-17,20,22H,1-13H2,(H,19,23)/t14-,15-,16-,17+/m1/s1. The maximum atomic E-state index is 12.2. The highest BCUT2D eigenvalue weighted by Crippen LogP contribution is 2.23. The van der Waals surface area contributed by atoms with Crippen molar-refractivity contribution in [2.24, 2.45) is 0 Å². The second kappa shape index (κ2) is 9.83. The number of aliphatic hydroxyl groups excluding tert-OH is 1. The highest BCUT2D eigenvalue weighted by atomic mass is 16.5. The van der Waals surface area contributed by atoms with E-state index in [1.807, 2.05) is 0 Å². The van der Waals surface area contributed by atoms with E-state index in [0.29, 0.717) is 26.2 Å². The second-order valence-electron chi connectivity index (χ2n) is 7.54. The third kappa shape index (κ3) is 6.18.